The van der Waals surface area contributed by atoms with E-state index in [0.717, 1.165) is 0 Å². The molecule has 0 bridgehead atoms. The highest BCUT2D eigenvalue weighted by atomic mass is 32.2. The van der Waals surface area contributed by atoms with Gasteiger partial charge in [0.15, 0.2) is 11.5 Å². The van der Waals surface area contributed by atoms with Crippen molar-refractivity contribution < 1.29 is 32.6 Å². The normalized spacial score (nSPS) is 16.7. The molecule has 1 amide bonds. The summed E-state index contributed by atoms with van der Waals surface area (Å²) in [6, 6.07) is 11.1. The van der Waals surface area contributed by atoms with Gasteiger partial charge in [-0.25, -0.2) is 0 Å². The number of nitrogens with zero attached hydrogens (tertiary/aromatic N) is 1. The topological polar surface area (TPSA) is 66.8 Å². The first-order valence-electron chi connectivity index (χ1n) is 10.8. The van der Waals surface area contributed by atoms with Gasteiger partial charge in [0.25, 0.3) is 5.91 Å². The molecule has 5 nitrogen and oxygen atoms in total. The summed E-state index contributed by atoms with van der Waals surface area (Å²) in [4.78, 5) is 27.5. The molecule has 34 heavy (non-hydrogen) atoms. The first-order valence-corrected chi connectivity index (χ1v) is 11.6. The van der Waals surface area contributed by atoms with E-state index in [0.29, 0.717) is 11.3 Å². The molecule has 0 spiro atoms. The highest BCUT2D eigenvalue weighted by Gasteiger charge is 2.45. The van der Waals surface area contributed by atoms with Crippen LogP contribution in [0.2, 0.25) is 0 Å². The molecule has 1 atom stereocenters. The number of anilines is 1. The first kappa shape index (κ1) is 25.7. The Morgan fingerprint density at radius 1 is 1.09 bits per heavy atom. The summed E-state index contributed by atoms with van der Waals surface area (Å²) in [5.74, 6) is -1.42. The quantitative estimate of drug-likeness (QED) is 0.420. The molecule has 2 aromatic carbocycles. The second-order valence-corrected chi connectivity index (χ2v) is 9.75. The van der Waals surface area contributed by atoms with E-state index in [9.17, 15) is 27.9 Å². The third kappa shape index (κ3) is 5.75. The lowest BCUT2D eigenvalue weighted by Crippen LogP contribution is -2.31. The largest absolute Gasteiger partial charge is 0.503 e. The molecular weight excluding hydrogens is 467 g/mol. The third-order valence-corrected chi connectivity index (χ3v) is 5.77. The van der Waals surface area contributed by atoms with Gasteiger partial charge < -0.3 is 9.84 Å². The van der Waals surface area contributed by atoms with Gasteiger partial charge >= 0.3 is 5.51 Å². The Hall–Kier alpha value is -2.94. The number of ether oxygens (including phenoxy) is 1. The summed E-state index contributed by atoms with van der Waals surface area (Å²) in [5, 5.41) is 10.8. The van der Waals surface area contributed by atoms with Crippen molar-refractivity contribution in [1.29, 1.82) is 0 Å². The number of benzene rings is 2. The fourth-order valence-electron chi connectivity index (χ4n) is 3.81. The minimum absolute atomic E-state index is 0.0153. The van der Waals surface area contributed by atoms with Gasteiger partial charge in [-0.05, 0) is 61.9 Å². The fourth-order valence-corrected chi connectivity index (χ4v) is 4.35. The molecule has 1 unspecified atom stereocenters. The van der Waals surface area contributed by atoms with E-state index >= 15 is 0 Å². The number of ketones is 1. The zero-order chi connectivity index (χ0) is 25.2. The van der Waals surface area contributed by atoms with E-state index in [2.05, 4.69) is 0 Å². The molecule has 0 fully saturated rings. The maximum absolute atomic E-state index is 13.2. The van der Waals surface area contributed by atoms with Crippen molar-refractivity contribution in [3.63, 3.8) is 0 Å². The lowest BCUT2D eigenvalue weighted by molar-refractivity contribution is -0.118. The number of thioether (sulfide) groups is 1. The van der Waals surface area contributed by atoms with E-state index in [1.807, 2.05) is 27.7 Å². The van der Waals surface area contributed by atoms with Crippen molar-refractivity contribution in [3.8, 4) is 5.75 Å². The summed E-state index contributed by atoms with van der Waals surface area (Å²) in [6.45, 7) is 7.38. The molecule has 2 aromatic rings. The Morgan fingerprint density at radius 2 is 1.71 bits per heavy atom. The first-order chi connectivity index (χ1) is 15.9. The molecule has 0 aliphatic carbocycles. The van der Waals surface area contributed by atoms with E-state index in [1.165, 1.54) is 29.2 Å². The van der Waals surface area contributed by atoms with Crippen LogP contribution in [-0.2, 0) is 9.59 Å². The van der Waals surface area contributed by atoms with E-state index in [-0.39, 0.29) is 52.1 Å². The highest BCUT2D eigenvalue weighted by Crippen LogP contribution is 2.45. The van der Waals surface area contributed by atoms with Crippen molar-refractivity contribution in [2.45, 2.75) is 56.7 Å². The number of rotatable bonds is 8. The molecule has 1 heterocycles. The number of carbonyl (C=O) groups is 2. The van der Waals surface area contributed by atoms with E-state index in [1.54, 1.807) is 24.3 Å². The second-order valence-electron chi connectivity index (χ2n) is 8.61. The van der Waals surface area contributed by atoms with Crippen molar-refractivity contribution in [2.24, 2.45) is 5.92 Å². The molecule has 9 heteroatoms. The number of alkyl halides is 3. The minimum atomic E-state index is -4.45. The average molecular weight is 494 g/mol. The summed E-state index contributed by atoms with van der Waals surface area (Å²) in [5.41, 5.74) is -3.75. The summed E-state index contributed by atoms with van der Waals surface area (Å²) >= 11 is -0.265. The summed E-state index contributed by atoms with van der Waals surface area (Å²) in [6.07, 6.45) is -0.0801. The van der Waals surface area contributed by atoms with Gasteiger partial charge in [-0.15, -0.1) is 0 Å². The number of hydrogen-bond acceptors (Lipinski definition) is 5. The minimum Gasteiger partial charge on any atom is -0.503 e. The number of amides is 1. The lowest BCUT2D eigenvalue weighted by atomic mass is 9.91. The Bertz CT molecular complexity index is 1090. The molecule has 0 saturated heterocycles. The third-order valence-electron chi connectivity index (χ3n) is 5.03. The highest BCUT2D eigenvalue weighted by molar-refractivity contribution is 8.00. The number of aliphatic hydroxyl groups excluding tert-OH is 1. The van der Waals surface area contributed by atoms with Crippen molar-refractivity contribution in [1.82, 2.24) is 0 Å². The van der Waals surface area contributed by atoms with Crippen molar-refractivity contribution >= 4 is 29.1 Å². The molecule has 182 valence electrons. The number of Topliss-reactive ketones (excluding diaryl/α,β-unsaturated/α-hetero) is 1. The van der Waals surface area contributed by atoms with Crippen LogP contribution in [0.25, 0.3) is 0 Å². The van der Waals surface area contributed by atoms with E-state index in [4.69, 9.17) is 4.74 Å². The van der Waals surface area contributed by atoms with Gasteiger partial charge in [-0.1, -0.05) is 32.0 Å². The zero-order valence-electron chi connectivity index (χ0n) is 19.2. The van der Waals surface area contributed by atoms with Gasteiger partial charge in [0, 0.05) is 22.6 Å². The monoisotopic (exact) mass is 493 g/mol. The number of carbonyl (C=O) groups excluding carboxylic acids is 2. The van der Waals surface area contributed by atoms with Crippen LogP contribution in [0.15, 0.2) is 64.8 Å². The van der Waals surface area contributed by atoms with Gasteiger partial charge in [0.2, 0.25) is 0 Å². The predicted molar refractivity (Wildman–Crippen MR) is 125 cm³/mol. The van der Waals surface area contributed by atoms with Crippen LogP contribution in [0, 0.1) is 5.92 Å². The van der Waals surface area contributed by atoms with Crippen LogP contribution in [-0.4, -0.2) is 28.4 Å². The van der Waals surface area contributed by atoms with Crippen LogP contribution in [0.4, 0.5) is 18.9 Å². The summed E-state index contributed by atoms with van der Waals surface area (Å²) < 4.78 is 44.1. The number of halogens is 3. The Labute approximate surface area is 200 Å². The van der Waals surface area contributed by atoms with Crippen molar-refractivity contribution in [2.75, 3.05) is 4.90 Å². The molecule has 3 rings (SSSR count). The van der Waals surface area contributed by atoms with Crippen LogP contribution in [0.1, 0.15) is 45.7 Å². The van der Waals surface area contributed by atoms with Crippen LogP contribution in [0.3, 0.4) is 0 Å². The standard InChI is InChI=1S/C25H26F3NO4S/c1-14(2)13-19(30)21-22(18-7-5-6-8-20(18)33-15(3)4)29(24(32)23(21)31)16-9-11-17(12-10-16)34-25(26,27)28/h5-12,14-15,22,31H,13H2,1-4H3. The average Bonchev–Trinajstić information content (AvgIpc) is 2.98. The number of para-hydroxylation sites is 1. The zero-order valence-corrected chi connectivity index (χ0v) is 20.0. The maximum atomic E-state index is 13.2. The second kappa shape index (κ2) is 10.1. The van der Waals surface area contributed by atoms with E-state index < -0.39 is 23.2 Å². The molecule has 0 radical (unpaired) electrons. The van der Waals surface area contributed by atoms with Crippen molar-refractivity contribution in [3.05, 3.63) is 65.4 Å². The van der Waals surface area contributed by atoms with Gasteiger partial charge in [0.05, 0.1) is 17.7 Å². The Kier molecular flexibility index (Phi) is 7.65. The SMILES string of the molecule is CC(C)CC(=O)C1=C(O)C(=O)N(c2ccc(SC(F)(F)F)cc2)C1c1ccccc1OC(C)C. The molecule has 1 aliphatic rings. The maximum Gasteiger partial charge on any atom is 0.446 e. The predicted octanol–water partition coefficient (Wildman–Crippen LogP) is 6.60. The Morgan fingerprint density at radius 3 is 2.26 bits per heavy atom. The lowest BCUT2D eigenvalue weighted by Gasteiger charge is -2.29. The molecule has 0 aromatic heterocycles. The van der Waals surface area contributed by atoms with Gasteiger partial charge in [-0.2, -0.15) is 13.2 Å². The van der Waals surface area contributed by atoms with Crippen LogP contribution < -0.4 is 9.64 Å². The fraction of sp³-hybridized carbons (Fsp3) is 0.360. The molecular formula is C25H26F3NO4S. The Balaban J connectivity index is 2.12. The molecule has 1 N–H and O–H groups in total. The number of hydrogen-bond donors (Lipinski definition) is 1. The van der Waals surface area contributed by atoms with Crippen LogP contribution in [0.5, 0.6) is 5.75 Å². The number of aliphatic hydroxyl groups is 1. The molecule has 1 aliphatic heterocycles. The molecule has 0 saturated carbocycles. The summed E-state index contributed by atoms with van der Waals surface area (Å²) in [7, 11) is 0. The van der Waals surface area contributed by atoms with Crippen LogP contribution >= 0.6 is 11.8 Å². The smallest absolute Gasteiger partial charge is 0.446 e. The van der Waals surface area contributed by atoms with Gasteiger partial charge in [-0.3, -0.25) is 14.5 Å². The van der Waals surface area contributed by atoms with Gasteiger partial charge in [0.1, 0.15) is 5.75 Å².